The van der Waals surface area contributed by atoms with Crippen molar-refractivity contribution in [1.82, 2.24) is 0 Å². The third-order valence-corrected chi connectivity index (χ3v) is 4.89. The Morgan fingerprint density at radius 2 is 2.07 bits per heavy atom. The summed E-state index contributed by atoms with van der Waals surface area (Å²) < 4.78 is 20.8. The quantitative estimate of drug-likeness (QED) is 0.651. The molecule has 1 aliphatic heterocycles. The van der Waals surface area contributed by atoms with Crippen molar-refractivity contribution >= 4 is 39.1 Å². The second-order valence-corrected chi connectivity index (χ2v) is 7.10. The van der Waals surface area contributed by atoms with Crippen LogP contribution in [0.3, 0.4) is 0 Å². The van der Waals surface area contributed by atoms with Gasteiger partial charge in [-0.15, -0.1) is 0 Å². The molecule has 1 fully saturated rings. The topological polar surface area (TPSA) is 58.6 Å². The van der Waals surface area contributed by atoms with Crippen molar-refractivity contribution in [3.63, 3.8) is 0 Å². The number of hydrogen-bond acceptors (Lipinski definition) is 3. The molecule has 0 radical (unpaired) electrons. The van der Waals surface area contributed by atoms with Crippen molar-refractivity contribution in [2.45, 2.75) is 25.7 Å². The van der Waals surface area contributed by atoms with Crippen LogP contribution in [0.1, 0.15) is 25.7 Å². The maximum atomic E-state index is 14.3. The van der Waals surface area contributed by atoms with Crippen LogP contribution >= 0.6 is 15.9 Å². The summed E-state index contributed by atoms with van der Waals surface area (Å²) in [4.78, 5) is 25.2. The highest BCUT2D eigenvalue weighted by atomic mass is 79.9. The maximum absolute atomic E-state index is 14.3. The fourth-order valence-electron chi connectivity index (χ4n) is 2.91. The molecular weight excluding hydrogens is 415 g/mol. The summed E-state index contributed by atoms with van der Waals surface area (Å²) in [5, 5.41) is 2.67. The Morgan fingerprint density at radius 1 is 1.26 bits per heavy atom. The molecule has 0 saturated carbocycles. The van der Waals surface area contributed by atoms with E-state index in [4.69, 9.17) is 4.74 Å². The number of carbonyl (C=O) groups is 2. The minimum Gasteiger partial charge on any atom is -0.492 e. The highest BCUT2D eigenvalue weighted by molar-refractivity contribution is 9.10. The first-order chi connectivity index (χ1) is 13.0. The molecule has 7 heteroatoms. The van der Waals surface area contributed by atoms with Gasteiger partial charge in [0.1, 0.15) is 11.6 Å². The number of para-hydroxylation sites is 1. The molecule has 1 aliphatic rings. The van der Waals surface area contributed by atoms with Gasteiger partial charge in [0.15, 0.2) is 0 Å². The zero-order valence-corrected chi connectivity index (χ0v) is 16.3. The molecule has 0 unspecified atom stereocenters. The number of nitrogens with one attached hydrogen (secondary N) is 1. The summed E-state index contributed by atoms with van der Waals surface area (Å²) in [5.41, 5.74) is 0.636. The van der Waals surface area contributed by atoms with Crippen LogP contribution in [0, 0.1) is 5.82 Å². The maximum Gasteiger partial charge on any atom is 0.227 e. The number of anilines is 2. The van der Waals surface area contributed by atoms with E-state index in [1.807, 2.05) is 24.3 Å². The zero-order valence-electron chi connectivity index (χ0n) is 14.7. The highest BCUT2D eigenvalue weighted by Gasteiger charge is 2.24. The van der Waals surface area contributed by atoms with Crippen molar-refractivity contribution in [2.75, 3.05) is 23.4 Å². The Morgan fingerprint density at radius 3 is 2.78 bits per heavy atom. The Labute approximate surface area is 165 Å². The predicted octanol–water partition coefficient (Wildman–Crippen LogP) is 4.51. The molecule has 1 N–H and O–H groups in total. The molecule has 1 heterocycles. The lowest BCUT2D eigenvalue weighted by Gasteiger charge is -2.17. The number of ether oxygens (including phenoxy) is 1. The average Bonchev–Trinajstić information content (AvgIpc) is 3.06. The molecule has 3 rings (SSSR count). The van der Waals surface area contributed by atoms with Crippen LogP contribution in [0.4, 0.5) is 15.8 Å². The molecule has 1 saturated heterocycles. The fourth-order valence-corrected chi connectivity index (χ4v) is 3.31. The predicted molar refractivity (Wildman–Crippen MR) is 105 cm³/mol. The average molecular weight is 435 g/mol. The van der Waals surface area contributed by atoms with Gasteiger partial charge < -0.3 is 15.0 Å². The largest absolute Gasteiger partial charge is 0.492 e. The van der Waals surface area contributed by atoms with Crippen molar-refractivity contribution < 1.29 is 18.7 Å². The third-order valence-electron chi connectivity index (χ3n) is 4.24. The van der Waals surface area contributed by atoms with E-state index in [1.54, 1.807) is 6.07 Å². The van der Waals surface area contributed by atoms with E-state index in [-0.39, 0.29) is 23.9 Å². The normalized spacial score (nSPS) is 13.7. The molecule has 2 aromatic carbocycles. The van der Waals surface area contributed by atoms with Crippen LogP contribution in [0.5, 0.6) is 5.75 Å². The van der Waals surface area contributed by atoms with Crippen molar-refractivity contribution in [3.05, 3.63) is 52.8 Å². The number of carbonyl (C=O) groups excluding carboxylic acids is 2. The van der Waals surface area contributed by atoms with Crippen LogP contribution in [-0.2, 0) is 9.59 Å². The van der Waals surface area contributed by atoms with E-state index in [1.165, 1.54) is 17.0 Å². The monoisotopic (exact) mass is 434 g/mol. The van der Waals surface area contributed by atoms with Crippen molar-refractivity contribution in [1.29, 1.82) is 0 Å². The second-order valence-electron chi connectivity index (χ2n) is 6.25. The van der Waals surface area contributed by atoms with Gasteiger partial charge in [0, 0.05) is 25.1 Å². The number of amides is 2. The molecule has 0 aliphatic carbocycles. The third kappa shape index (κ3) is 5.07. The number of nitrogens with zero attached hydrogens (tertiary/aromatic N) is 1. The van der Waals surface area contributed by atoms with E-state index in [2.05, 4.69) is 21.2 Å². The van der Waals surface area contributed by atoms with Crippen molar-refractivity contribution in [2.24, 2.45) is 0 Å². The summed E-state index contributed by atoms with van der Waals surface area (Å²) in [6.07, 6.45) is 1.98. The van der Waals surface area contributed by atoms with Gasteiger partial charge in [-0.25, -0.2) is 4.39 Å². The van der Waals surface area contributed by atoms with Gasteiger partial charge in [-0.3, -0.25) is 9.59 Å². The Balaban J connectivity index is 1.47. The van der Waals surface area contributed by atoms with Gasteiger partial charge in [-0.2, -0.15) is 0 Å². The SMILES string of the molecule is O=C(CCCOc1ccccc1Br)Nc1ccc(N2CCCC2=O)c(F)c1. The Bertz CT molecular complexity index is 844. The smallest absolute Gasteiger partial charge is 0.227 e. The van der Waals surface area contributed by atoms with Crippen LogP contribution in [0.25, 0.3) is 0 Å². The summed E-state index contributed by atoms with van der Waals surface area (Å²) in [7, 11) is 0. The summed E-state index contributed by atoms with van der Waals surface area (Å²) >= 11 is 3.40. The van der Waals surface area contributed by atoms with E-state index in [9.17, 15) is 14.0 Å². The van der Waals surface area contributed by atoms with Gasteiger partial charge in [-0.05, 0) is 59.1 Å². The number of benzene rings is 2. The molecule has 0 spiro atoms. The van der Waals surface area contributed by atoms with E-state index in [0.29, 0.717) is 31.7 Å². The molecule has 0 bridgehead atoms. The molecular formula is C20H20BrFN2O3. The molecule has 5 nitrogen and oxygen atoms in total. The van der Waals surface area contributed by atoms with E-state index >= 15 is 0 Å². The highest BCUT2D eigenvalue weighted by Crippen LogP contribution is 2.27. The van der Waals surface area contributed by atoms with Crippen LogP contribution in [-0.4, -0.2) is 25.0 Å². The fraction of sp³-hybridized carbons (Fsp3) is 0.300. The Hall–Kier alpha value is -2.41. The van der Waals surface area contributed by atoms with Crippen LogP contribution < -0.4 is 15.0 Å². The van der Waals surface area contributed by atoms with E-state index < -0.39 is 5.82 Å². The lowest BCUT2D eigenvalue weighted by atomic mass is 10.2. The van der Waals surface area contributed by atoms with Gasteiger partial charge in [0.25, 0.3) is 0 Å². The summed E-state index contributed by atoms with van der Waals surface area (Å²) in [6.45, 7) is 0.930. The van der Waals surface area contributed by atoms with Gasteiger partial charge in [0.2, 0.25) is 11.8 Å². The van der Waals surface area contributed by atoms with Crippen LogP contribution in [0.15, 0.2) is 46.9 Å². The first-order valence-corrected chi connectivity index (χ1v) is 9.61. The minimum absolute atomic E-state index is 0.0734. The summed E-state index contributed by atoms with van der Waals surface area (Å²) in [5.74, 6) is -0.0711. The first-order valence-electron chi connectivity index (χ1n) is 8.81. The number of halogens is 2. The molecule has 142 valence electrons. The molecule has 2 aromatic rings. The summed E-state index contributed by atoms with van der Waals surface area (Å²) in [6, 6.07) is 11.9. The van der Waals surface area contributed by atoms with Crippen LogP contribution in [0.2, 0.25) is 0 Å². The minimum atomic E-state index is -0.514. The molecule has 2 amide bonds. The standard InChI is InChI=1S/C20H20BrFN2O3/c21-15-5-1-2-6-18(15)27-12-4-7-19(25)23-14-9-10-17(16(22)13-14)24-11-3-8-20(24)26/h1-2,5-6,9-10,13H,3-4,7-8,11-12H2,(H,23,25). The number of hydrogen-bond donors (Lipinski definition) is 1. The van der Waals surface area contributed by atoms with Gasteiger partial charge in [-0.1, -0.05) is 12.1 Å². The second kappa shape index (κ2) is 8.99. The van der Waals surface area contributed by atoms with Gasteiger partial charge in [0.05, 0.1) is 16.8 Å². The molecule has 27 heavy (non-hydrogen) atoms. The number of rotatable bonds is 7. The lowest BCUT2D eigenvalue weighted by Crippen LogP contribution is -2.24. The zero-order chi connectivity index (χ0) is 19.2. The molecule has 0 atom stereocenters. The first kappa shape index (κ1) is 19.4. The molecule has 0 aromatic heterocycles. The lowest BCUT2D eigenvalue weighted by molar-refractivity contribution is -0.117. The van der Waals surface area contributed by atoms with Gasteiger partial charge >= 0.3 is 0 Å². The van der Waals surface area contributed by atoms with Crippen molar-refractivity contribution in [3.8, 4) is 5.75 Å². The van der Waals surface area contributed by atoms with E-state index in [0.717, 1.165) is 16.6 Å². The Kier molecular flexibility index (Phi) is 6.45.